The number of nitrogens with zero attached hydrogens (tertiary/aromatic N) is 1. The molecular weight excluding hydrogens is 373 g/mol. The predicted molar refractivity (Wildman–Crippen MR) is 95.4 cm³/mol. The lowest BCUT2D eigenvalue weighted by Crippen LogP contribution is -2.33. The van der Waals surface area contributed by atoms with Crippen molar-refractivity contribution in [1.82, 2.24) is 4.98 Å². The van der Waals surface area contributed by atoms with Gasteiger partial charge in [-0.1, -0.05) is 0 Å². The van der Waals surface area contributed by atoms with E-state index in [0.717, 1.165) is 12.8 Å². The smallest absolute Gasteiger partial charge is 0.355 e. The van der Waals surface area contributed by atoms with Crippen LogP contribution in [0.1, 0.15) is 40.9 Å². The summed E-state index contributed by atoms with van der Waals surface area (Å²) in [6, 6.07) is 5.84. The lowest BCUT2D eigenvalue weighted by atomic mass is 9.87. The summed E-state index contributed by atoms with van der Waals surface area (Å²) < 4.78 is 24.9. The maximum atomic E-state index is 13.0. The average Bonchev–Trinajstić information content (AvgIpc) is 3.25. The molecule has 6 nitrogen and oxygen atoms in total. The van der Waals surface area contributed by atoms with Crippen molar-refractivity contribution in [2.75, 3.05) is 6.61 Å². The van der Waals surface area contributed by atoms with Gasteiger partial charge in [-0.05, 0) is 43.0 Å². The van der Waals surface area contributed by atoms with Gasteiger partial charge in [0.05, 0.1) is 18.8 Å². The van der Waals surface area contributed by atoms with Crippen LogP contribution in [0, 0.1) is 17.7 Å². The molecule has 1 aliphatic carbocycles. The van der Waals surface area contributed by atoms with E-state index < -0.39 is 12.1 Å². The molecule has 1 aromatic heterocycles. The summed E-state index contributed by atoms with van der Waals surface area (Å²) in [4.78, 5) is 15.2. The number of aliphatic hydroxyl groups excluding tert-OH is 1. The van der Waals surface area contributed by atoms with E-state index in [2.05, 4.69) is 4.98 Å². The first-order chi connectivity index (χ1) is 13.0. The van der Waals surface area contributed by atoms with Crippen molar-refractivity contribution in [1.29, 1.82) is 0 Å². The van der Waals surface area contributed by atoms with E-state index in [1.807, 2.05) is 0 Å². The Balaban J connectivity index is 1.38. The van der Waals surface area contributed by atoms with E-state index in [9.17, 15) is 14.3 Å². The Morgan fingerprint density at radius 1 is 1.33 bits per heavy atom. The van der Waals surface area contributed by atoms with Crippen LogP contribution in [0.25, 0.3) is 0 Å². The van der Waals surface area contributed by atoms with E-state index >= 15 is 0 Å². The number of aromatic carboxylic acids is 1. The Bertz CT molecular complexity index is 811. The normalized spacial score (nSPS) is 30.1. The van der Waals surface area contributed by atoms with Crippen LogP contribution in [0.3, 0.4) is 0 Å². The molecule has 2 aliphatic rings. The summed E-state index contributed by atoms with van der Waals surface area (Å²) in [6.45, 7) is 0.350. The molecule has 2 heterocycles. The van der Waals surface area contributed by atoms with E-state index in [-0.39, 0.29) is 35.6 Å². The third kappa shape index (κ3) is 3.83. The number of aliphatic hydroxyl groups is 1. The number of aromatic nitrogens is 1. The summed E-state index contributed by atoms with van der Waals surface area (Å²) in [6.07, 6.45) is 1.26. The minimum atomic E-state index is -1.04. The highest BCUT2D eigenvalue weighted by atomic mass is 32.1. The van der Waals surface area contributed by atoms with E-state index in [0.29, 0.717) is 23.8 Å². The standard InChI is InChI=1S/C19H20FNO5S/c20-10-1-3-11(4-2-10)25-8-13-12-5-6-16(26-17(12)7-15(13)22)18-21-14(9-27-18)19(23)24/h1-4,9,12-13,15-17,22H,5-8H2,(H,23,24)/t12-,13-,15-,16-,17+/m1/s1. The molecule has 0 unspecified atom stereocenters. The maximum Gasteiger partial charge on any atom is 0.355 e. The van der Waals surface area contributed by atoms with Crippen LogP contribution >= 0.6 is 11.3 Å². The van der Waals surface area contributed by atoms with Gasteiger partial charge in [-0.3, -0.25) is 0 Å². The number of hydrogen-bond acceptors (Lipinski definition) is 6. The zero-order valence-corrected chi connectivity index (χ0v) is 15.3. The molecule has 5 atom stereocenters. The summed E-state index contributed by atoms with van der Waals surface area (Å²) in [5.74, 6) is -0.656. The number of carboxylic acid groups (broad SMARTS) is 1. The number of halogens is 1. The Hall–Kier alpha value is -2.03. The van der Waals surface area contributed by atoms with Crippen LogP contribution in [0.15, 0.2) is 29.6 Å². The van der Waals surface area contributed by atoms with E-state index in [4.69, 9.17) is 14.6 Å². The van der Waals surface area contributed by atoms with Gasteiger partial charge in [-0.15, -0.1) is 11.3 Å². The molecule has 4 rings (SSSR count). The summed E-state index contributed by atoms with van der Waals surface area (Å²) in [5.41, 5.74) is 0.0396. The first-order valence-corrected chi connectivity index (χ1v) is 9.80. The monoisotopic (exact) mass is 393 g/mol. The maximum absolute atomic E-state index is 13.0. The van der Waals surface area contributed by atoms with Gasteiger partial charge in [0.15, 0.2) is 5.69 Å². The topological polar surface area (TPSA) is 88.9 Å². The second kappa shape index (κ2) is 7.53. The number of hydrogen-bond donors (Lipinski definition) is 2. The lowest BCUT2D eigenvalue weighted by Gasteiger charge is -2.33. The first kappa shape index (κ1) is 18.3. The largest absolute Gasteiger partial charge is 0.493 e. The molecule has 1 aliphatic heterocycles. The molecule has 0 amide bonds. The minimum absolute atomic E-state index is 0.0396. The Morgan fingerprint density at radius 2 is 2.11 bits per heavy atom. The molecule has 27 heavy (non-hydrogen) atoms. The van der Waals surface area contributed by atoms with Crippen LogP contribution in [0.2, 0.25) is 0 Å². The van der Waals surface area contributed by atoms with Crippen LogP contribution in [0.4, 0.5) is 4.39 Å². The minimum Gasteiger partial charge on any atom is -0.493 e. The highest BCUT2D eigenvalue weighted by Gasteiger charge is 2.47. The molecule has 2 aromatic rings. The molecule has 144 valence electrons. The number of ether oxygens (including phenoxy) is 2. The van der Waals surface area contributed by atoms with Crippen molar-refractivity contribution in [3.05, 3.63) is 46.2 Å². The van der Waals surface area contributed by atoms with Gasteiger partial charge in [-0.25, -0.2) is 14.2 Å². The first-order valence-electron chi connectivity index (χ1n) is 8.92. The Labute approximate surface area is 159 Å². The highest BCUT2D eigenvalue weighted by molar-refractivity contribution is 7.09. The lowest BCUT2D eigenvalue weighted by molar-refractivity contribution is -0.0811. The fourth-order valence-corrected chi connectivity index (χ4v) is 4.86. The quantitative estimate of drug-likeness (QED) is 0.811. The van der Waals surface area contributed by atoms with Crippen LogP contribution in [-0.4, -0.2) is 40.0 Å². The van der Waals surface area contributed by atoms with Crippen molar-refractivity contribution in [2.24, 2.45) is 11.8 Å². The van der Waals surface area contributed by atoms with Gasteiger partial charge in [0.2, 0.25) is 0 Å². The second-order valence-electron chi connectivity index (χ2n) is 7.01. The summed E-state index contributed by atoms with van der Waals surface area (Å²) in [5, 5.41) is 21.7. The molecule has 1 aromatic carbocycles. The van der Waals surface area contributed by atoms with Gasteiger partial charge in [0.1, 0.15) is 22.7 Å². The SMILES string of the molecule is O=C(O)c1csc([C@H]2CC[C@@H]3[C@@H](COc4ccc(F)cc4)[C@H](O)C[C@@H]3O2)n1. The number of fused-ring (bicyclic) bond motifs is 1. The Kier molecular flexibility index (Phi) is 5.12. The van der Waals surface area contributed by atoms with Gasteiger partial charge in [-0.2, -0.15) is 0 Å². The third-order valence-corrected chi connectivity index (χ3v) is 6.31. The fraction of sp³-hybridized carbons (Fsp3) is 0.474. The van der Waals surface area contributed by atoms with Crippen LogP contribution < -0.4 is 4.74 Å². The number of rotatable bonds is 5. The number of carbonyl (C=O) groups is 1. The zero-order valence-electron chi connectivity index (χ0n) is 14.5. The van der Waals surface area contributed by atoms with Crippen molar-refractivity contribution in [3.63, 3.8) is 0 Å². The molecule has 0 radical (unpaired) electrons. The third-order valence-electron chi connectivity index (χ3n) is 5.37. The van der Waals surface area contributed by atoms with Gasteiger partial charge in [0.25, 0.3) is 0 Å². The van der Waals surface area contributed by atoms with Crippen molar-refractivity contribution in [3.8, 4) is 5.75 Å². The van der Waals surface area contributed by atoms with E-state index in [1.165, 1.54) is 28.8 Å². The fourth-order valence-electron chi connectivity index (χ4n) is 4.00. The number of thiazole rings is 1. The Morgan fingerprint density at radius 3 is 2.81 bits per heavy atom. The average molecular weight is 393 g/mol. The second-order valence-corrected chi connectivity index (χ2v) is 7.90. The molecular formula is C19H20FNO5S. The van der Waals surface area contributed by atoms with Crippen LogP contribution in [-0.2, 0) is 4.74 Å². The molecule has 1 saturated carbocycles. The van der Waals surface area contributed by atoms with Crippen LogP contribution in [0.5, 0.6) is 5.75 Å². The zero-order chi connectivity index (χ0) is 19.0. The van der Waals surface area contributed by atoms with Crippen molar-refractivity contribution < 1.29 is 28.9 Å². The number of carboxylic acids is 1. The summed E-state index contributed by atoms with van der Waals surface area (Å²) in [7, 11) is 0. The molecule has 8 heteroatoms. The molecule has 1 saturated heterocycles. The van der Waals surface area contributed by atoms with Crippen molar-refractivity contribution in [2.45, 2.75) is 37.6 Å². The predicted octanol–water partition coefficient (Wildman–Crippen LogP) is 3.28. The summed E-state index contributed by atoms with van der Waals surface area (Å²) >= 11 is 1.29. The molecule has 2 N–H and O–H groups in total. The van der Waals surface area contributed by atoms with E-state index in [1.54, 1.807) is 12.1 Å². The van der Waals surface area contributed by atoms with Gasteiger partial charge < -0.3 is 19.7 Å². The highest BCUT2D eigenvalue weighted by Crippen LogP contribution is 2.46. The molecule has 2 fully saturated rings. The molecule has 0 bridgehead atoms. The van der Waals surface area contributed by atoms with Crippen molar-refractivity contribution >= 4 is 17.3 Å². The van der Waals surface area contributed by atoms with Gasteiger partial charge >= 0.3 is 5.97 Å². The van der Waals surface area contributed by atoms with Gasteiger partial charge in [0, 0.05) is 17.7 Å². The molecule has 0 spiro atoms. The number of benzene rings is 1.